The molecule has 21 heavy (non-hydrogen) atoms. The number of hydrogen-bond acceptors (Lipinski definition) is 4. The third kappa shape index (κ3) is 2.72. The number of sulfonamides is 1. The zero-order valence-corrected chi connectivity index (χ0v) is 14.1. The zero-order chi connectivity index (χ0) is 14.5. The van der Waals surface area contributed by atoms with E-state index in [4.69, 9.17) is 5.73 Å². The number of nitrogens with zero attached hydrogens (tertiary/aromatic N) is 3. The molecule has 0 aliphatic carbocycles. The Balaban J connectivity index is 0.00000161. The smallest absolute Gasteiger partial charge is 0.260 e. The second-order valence-electron chi connectivity index (χ2n) is 6.49. The molecule has 1 aromatic rings. The van der Waals surface area contributed by atoms with Crippen LogP contribution in [-0.4, -0.2) is 41.4 Å². The van der Waals surface area contributed by atoms with E-state index in [1.165, 1.54) is 6.20 Å². The normalized spacial score (nSPS) is 25.4. The van der Waals surface area contributed by atoms with Crippen molar-refractivity contribution >= 4 is 22.4 Å². The molecule has 6 nitrogen and oxygen atoms in total. The first-order chi connectivity index (χ1) is 9.32. The van der Waals surface area contributed by atoms with Gasteiger partial charge in [-0.25, -0.2) is 13.4 Å². The predicted octanol–water partition coefficient (Wildman–Crippen LogP) is 0.999. The fourth-order valence-electron chi connectivity index (χ4n) is 3.10. The minimum atomic E-state index is -3.46. The maximum Gasteiger partial charge on any atom is 0.260 e. The maximum absolute atomic E-state index is 12.8. The van der Waals surface area contributed by atoms with Gasteiger partial charge in [-0.3, -0.25) is 0 Å². The van der Waals surface area contributed by atoms with E-state index in [2.05, 4.69) is 4.98 Å². The van der Waals surface area contributed by atoms with Crippen molar-refractivity contribution in [1.29, 1.82) is 0 Å². The number of halogens is 1. The van der Waals surface area contributed by atoms with E-state index >= 15 is 0 Å². The lowest BCUT2D eigenvalue weighted by molar-refractivity contribution is 0.155. The first kappa shape index (κ1) is 16.7. The molecule has 0 bridgehead atoms. The number of aromatic nitrogens is 2. The Bertz CT molecular complexity index is 626. The van der Waals surface area contributed by atoms with Crippen LogP contribution in [0.15, 0.2) is 11.2 Å². The van der Waals surface area contributed by atoms with Gasteiger partial charge in [0.15, 0.2) is 5.03 Å². The summed E-state index contributed by atoms with van der Waals surface area (Å²) in [5.41, 5.74) is 5.89. The summed E-state index contributed by atoms with van der Waals surface area (Å²) < 4.78 is 29.1. The van der Waals surface area contributed by atoms with Gasteiger partial charge in [0.05, 0.1) is 6.20 Å². The van der Waals surface area contributed by atoms with Crippen LogP contribution in [0.1, 0.15) is 32.5 Å². The number of hydrogen-bond donors (Lipinski definition) is 1. The van der Waals surface area contributed by atoms with E-state index < -0.39 is 10.0 Å². The van der Waals surface area contributed by atoms with Gasteiger partial charge < -0.3 is 10.3 Å². The molecule has 2 N–H and O–H groups in total. The monoisotopic (exact) mass is 334 g/mol. The van der Waals surface area contributed by atoms with Crippen LogP contribution in [0.4, 0.5) is 0 Å². The van der Waals surface area contributed by atoms with Gasteiger partial charge in [0.1, 0.15) is 5.82 Å². The number of aryl methyl sites for hydroxylation is 1. The second-order valence-corrected chi connectivity index (χ2v) is 8.38. The van der Waals surface area contributed by atoms with Gasteiger partial charge in [-0.05, 0) is 18.3 Å². The van der Waals surface area contributed by atoms with E-state index in [-0.39, 0.29) is 23.9 Å². The summed E-state index contributed by atoms with van der Waals surface area (Å²) in [5, 5.41) is 0.344. The van der Waals surface area contributed by atoms with Gasteiger partial charge in [0.2, 0.25) is 0 Å². The van der Waals surface area contributed by atoms with Crippen molar-refractivity contribution in [2.45, 2.75) is 50.7 Å². The van der Waals surface area contributed by atoms with Crippen LogP contribution in [0.2, 0.25) is 0 Å². The van der Waals surface area contributed by atoms with Crippen LogP contribution in [0, 0.1) is 5.41 Å². The van der Waals surface area contributed by atoms with Crippen molar-refractivity contribution in [2.75, 3.05) is 13.1 Å². The average Bonchev–Trinajstić information content (AvgIpc) is 2.93. The Morgan fingerprint density at radius 1 is 1.38 bits per heavy atom. The molecular formula is C13H23ClN4O2S. The minimum Gasteiger partial charge on any atom is -0.327 e. The highest BCUT2D eigenvalue weighted by atomic mass is 35.5. The molecule has 1 aromatic heterocycles. The molecule has 1 atom stereocenters. The van der Waals surface area contributed by atoms with Gasteiger partial charge in [-0.2, -0.15) is 4.31 Å². The highest BCUT2D eigenvalue weighted by Crippen LogP contribution is 2.32. The fourth-order valence-corrected chi connectivity index (χ4v) is 4.87. The molecule has 0 amide bonds. The topological polar surface area (TPSA) is 81.2 Å². The Morgan fingerprint density at radius 3 is 2.76 bits per heavy atom. The first-order valence-corrected chi connectivity index (χ1v) is 8.56. The van der Waals surface area contributed by atoms with Crippen LogP contribution >= 0.6 is 12.4 Å². The first-order valence-electron chi connectivity index (χ1n) is 7.12. The molecule has 2 aliphatic heterocycles. The molecule has 1 unspecified atom stereocenters. The summed E-state index contributed by atoms with van der Waals surface area (Å²) in [6.45, 7) is 5.77. The molecule has 3 rings (SSSR count). The Morgan fingerprint density at radius 2 is 2.10 bits per heavy atom. The Kier molecular flexibility index (Phi) is 4.41. The Hall–Kier alpha value is -0.630. The molecule has 120 valence electrons. The fraction of sp³-hybridized carbons (Fsp3) is 0.769. The SMILES string of the molecule is CC1(C)CN(S(=O)(=O)c2cnc3n2CCC3)CCC1N.Cl. The standard InChI is InChI=1S/C13H22N4O2S.ClH/c1-13(2)9-16(7-5-10(13)14)20(18,19)12-8-15-11-4-3-6-17(11)12;/h8,10H,3-7,9,14H2,1-2H3;1H. The van der Waals surface area contributed by atoms with E-state index in [0.29, 0.717) is 24.5 Å². The molecular weight excluding hydrogens is 312 g/mol. The van der Waals surface area contributed by atoms with Crippen LogP contribution < -0.4 is 5.73 Å². The van der Waals surface area contributed by atoms with Gasteiger partial charge in [0, 0.05) is 32.1 Å². The molecule has 8 heteroatoms. The van der Waals surface area contributed by atoms with Gasteiger partial charge >= 0.3 is 0 Å². The lowest BCUT2D eigenvalue weighted by Crippen LogP contribution is -2.54. The minimum absolute atomic E-state index is 0. The number of piperidine rings is 1. The highest BCUT2D eigenvalue weighted by Gasteiger charge is 2.40. The molecule has 0 spiro atoms. The third-order valence-electron chi connectivity index (χ3n) is 4.57. The van der Waals surface area contributed by atoms with Gasteiger partial charge in [-0.1, -0.05) is 13.8 Å². The molecule has 1 fully saturated rings. The van der Waals surface area contributed by atoms with E-state index in [1.807, 2.05) is 18.4 Å². The van der Waals surface area contributed by atoms with Crippen molar-refractivity contribution in [3.8, 4) is 0 Å². The molecule has 0 aromatic carbocycles. The van der Waals surface area contributed by atoms with Crippen molar-refractivity contribution in [2.24, 2.45) is 11.1 Å². The molecule has 0 saturated carbocycles. The van der Waals surface area contributed by atoms with Gasteiger partial charge in [-0.15, -0.1) is 12.4 Å². The molecule has 1 saturated heterocycles. The summed E-state index contributed by atoms with van der Waals surface area (Å²) in [4.78, 5) is 4.24. The lowest BCUT2D eigenvalue weighted by atomic mass is 9.81. The van der Waals surface area contributed by atoms with Crippen molar-refractivity contribution in [3.63, 3.8) is 0 Å². The van der Waals surface area contributed by atoms with Gasteiger partial charge in [0.25, 0.3) is 10.0 Å². The van der Waals surface area contributed by atoms with Crippen molar-refractivity contribution in [1.82, 2.24) is 13.9 Å². The maximum atomic E-state index is 12.8. The highest BCUT2D eigenvalue weighted by molar-refractivity contribution is 7.89. The number of fused-ring (bicyclic) bond motifs is 1. The molecule has 2 aliphatic rings. The van der Waals surface area contributed by atoms with E-state index in [1.54, 1.807) is 4.31 Å². The zero-order valence-electron chi connectivity index (χ0n) is 12.4. The molecule has 0 radical (unpaired) electrons. The predicted molar refractivity (Wildman–Crippen MR) is 82.9 cm³/mol. The second kappa shape index (κ2) is 5.53. The van der Waals surface area contributed by atoms with E-state index in [0.717, 1.165) is 25.2 Å². The third-order valence-corrected chi connectivity index (χ3v) is 6.41. The van der Waals surface area contributed by atoms with E-state index in [9.17, 15) is 8.42 Å². The Labute approximate surface area is 132 Å². The summed E-state index contributed by atoms with van der Waals surface area (Å²) >= 11 is 0. The van der Waals surface area contributed by atoms with Crippen LogP contribution in [0.5, 0.6) is 0 Å². The number of rotatable bonds is 2. The van der Waals surface area contributed by atoms with Crippen LogP contribution in [0.3, 0.4) is 0 Å². The number of imidazole rings is 1. The van der Waals surface area contributed by atoms with Crippen molar-refractivity contribution < 1.29 is 8.42 Å². The summed E-state index contributed by atoms with van der Waals surface area (Å²) in [5.74, 6) is 0.886. The molecule has 3 heterocycles. The van der Waals surface area contributed by atoms with Crippen molar-refractivity contribution in [3.05, 3.63) is 12.0 Å². The summed E-state index contributed by atoms with van der Waals surface area (Å²) in [6, 6.07) is 0.0464. The van der Waals surface area contributed by atoms with Crippen LogP contribution in [-0.2, 0) is 23.0 Å². The summed E-state index contributed by atoms with van der Waals surface area (Å²) in [6.07, 6.45) is 4.05. The quantitative estimate of drug-likeness (QED) is 0.874. The average molecular weight is 335 g/mol. The largest absolute Gasteiger partial charge is 0.327 e. The lowest BCUT2D eigenvalue weighted by Gasteiger charge is -2.41. The van der Waals surface area contributed by atoms with Crippen LogP contribution in [0.25, 0.3) is 0 Å². The number of nitrogens with two attached hydrogens (primary N) is 1. The summed E-state index contributed by atoms with van der Waals surface area (Å²) in [7, 11) is -3.46.